The van der Waals surface area contributed by atoms with Crippen molar-refractivity contribution in [2.75, 3.05) is 13.2 Å². The van der Waals surface area contributed by atoms with E-state index < -0.39 is 0 Å². The van der Waals surface area contributed by atoms with Crippen LogP contribution in [-0.4, -0.2) is 38.1 Å². The van der Waals surface area contributed by atoms with Gasteiger partial charge in [0.1, 0.15) is 17.3 Å². The number of hydrogen-bond donors (Lipinski definition) is 0. The van der Waals surface area contributed by atoms with Crippen LogP contribution in [0.25, 0.3) is 17.1 Å². The van der Waals surface area contributed by atoms with Crippen molar-refractivity contribution in [1.82, 2.24) is 24.9 Å². The molecular formula is C29H29N5O3S. The van der Waals surface area contributed by atoms with Gasteiger partial charge in [-0.15, -0.1) is 10.2 Å². The lowest BCUT2D eigenvalue weighted by atomic mass is 10.1. The average Bonchev–Trinajstić information content (AvgIpc) is 3.60. The quantitative estimate of drug-likeness (QED) is 0.177. The summed E-state index contributed by atoms with van der Waals surface area (Å²) in [6.45, 7) is 5.11. The molecule has 5 rings (SSSR count). The van der Waals surface area contributed by atoms with Crippen molar-refractivity contribution in [3.8, 4) is 28.6 Å². The van der Waals surface area contributed by atoms with E-state index in [1.54, 1.807) is 0 Å². The molecule has 0 bridgehead atoms. The first kappa shape index (κ1) is 25.5. The van der Waals surface area contributed by atoms with Crippen molar-refractivity contribution in [2.24, 2.45) is 0 Å². The van der Waals surface area contributed by atoms with Crippen LogP contribution in [0.5, 0.6) is 11.5 Å². The minimum Gasteiger partial charge on any atom is -0.494 e. The average molecular weight is 528 g/mol. The first-order chi connectivity index (χ1) is 18.7. The lowest BCUT2D eigenvalue weighted by molar-refractivity contribution is 0.340. The molecule has 3 aromatic carbocycles. The molecule has 0 saturated heterocycles. The molecule has 0 amide bonds. The molecule has 2 heterocycles. The van der Waals surface area contributed by atoms with Crippen molar-refractivity contribution in [3.05, 3.63) is 96.1 Å². The third kappa shape index (κ3) is 6.06. The Kier molecular flexibility index (Phi) is 8.35. The molecule has 0 N–H and O–H groups in total. The zero-order chi connectivity index (χ0) is 26.2. The van der Waals surface area contributed by atoms with Gasteiger partial charge < -0.3 is 14.0 Å². The Labute approximate surface area is 226 Å². The molecule has 0 saturated carbocycles. The Morgan fingerprint density at radius 3 is 2.37 bits per heavy atom. The van der Waals surface area contributed by atoms with Gasteiger partial charge in [-0.2, -0.15) is 4.98 Å². The second-order valence-electron chi connectivity index (χ2n) is 8.38. The summed E-state index contributed by atoms with van der Waals surface area (Å²) in [6.07, 6.45) is 1.62. The Balaban J connectivity index is 1.37. The highest BCUT2D eigenvalue weighted by Gasteiger charge is 2.18. The van der Waals surface area contributed by atoms with E-state index in [1.165, 1.54) is 17.3 Å². The Morgan fingerprint density at radius 2 is 1.58 bits per heavy atom. The van der Waals surface area contributed by atoms with Gasteiger partial charge in [-0.3, -0.25) is 4.57 Å². The first-order valence-corrected chi connectivity index (χ1v) is 13.6. The molecule has 9 heteroatoms. The maximum Gasteiger partial charge on any atom is 0.237 e. The maximum atomic E-state index is 5.72. The van der Waals surface area contributed by atoms with E-state index in [1.807, 2.05) is 68.4 Å². The van der Waals surface area contributed by atoms with Crippen LogP contribution in [0.4, 0.5) is 0 Å². The predicted molar refractivity (Wildman–Crippen MR) is 147 cm³/mol. The van der Waals surface area contributed by atoms with E-state index in [9.17, 15) is 0 Å². The normalized spacial score (nSPS) is 11.0. The van der Waals surface area contributed by atoms with Crippen LogP contribution >= 0.6 is 11.8 Å². The highest BCUT2D eigenvalue weighted by atomic mass is 32.2. The van der Waals surface area contributed by atoms with E-state index in [4.69, 9.17) is 14.0 Å². The van der Waals surface area contributed by atoms with Gasteiger partial charge in [0.25, 0.3) is 0 Å². The fourth-order valence-electron chi connectivity index (χ4n) is 4.06. The Hall–Kier alpha value is -4.11. The second-order valence-corrected chi connectivity index (χ2v) is 9.32. The molecule has 38 heavy (non-hydrogen) atoms. The SMILES string of the molecule is CCOc1ccc(-n2c(CCc3ccccc3)nnc2SCc2nc(-c3ccccc3OCC)no2)cc1. The van der Waals surface area contributed by atoms with Gasteiger partial charge in [-0.25, -0.2) is 0 Å². The molecule has 0 unspecified atom stereocenters. The van der Waals surface area contributed by atoms with Gasteiger partial charge in [0, 0.05) is 12.1 Å². The minimum atomic E-state index is 0.456. The number of nitrogens with zero attached hydrogens (tertiary/aromatic N) is 5. The predicted octanol–water partition coefficient (Wildman–Crippen LogP) is 6.19. The number of aromatic nitrogens is 5. The highest BCUT2D eigenvalue weighted by molar-refractivity contribution is 7.98. The van der Waals surface area contributed by atoms with Crippen molar-refractivity contribution in [1.29, 1.82) is 0 Å². The number of hydrogen-bond acceptors (Lipinski definition) is 8. The van der Waals surface area contributed by atoms with Gasteiger partial charge in [-0.05, 0) is 62.2 Å². The largest absolute Gasteiger partial charge is 0.494 e. The monoisotopic (exact) mass is 527 g/mol. The molecule has 0 aliphatic heterocycles. The molecule has 0 spiro atoms. The zero-order valence-electron chi connectivity index (χ0n) is 21.4. The van der Waals surface area contributed by atoms with Gasteiger partial charge in [0.2, 0.25) is 11.7 Å². The molecule has 5 aromatic rings. The van der Waals surface area contributed by atoms with Crippen LogP contribution in [0.15, 0.2) is 88.5 Å². The highest BCUT2D eigenvalue weighted by Crippen LogP contribution is 2.30. The zero-order valence-corrected chi connectivity index (χ0v) is 22.2. The van der Waals surface area contributed by atoms with Crippen LogP contribution in [0.2, 0.25) is 0 Å². The first-order valence-electron chi connectivity index (χ1n) is 12.6. The smallest absolute Gasteiger partial charge is 0.237 e. The Bertz CT molecular complexity index is 1450. The maximum absolute atomic E-state index is 5.72. The summed E-state index contributed by atoms with van der Waals surface area (Å²) in [5, 5.41) is 14.0. The molecule has 0 radical (unpaired) electrons. The lowest BCUT2D eigenvalue weighted by Crippen LogP contribution is -2.05. The summed E-state index contributed by atoms with van der Waals surface area (Å²) in [6, 6.07) is 26.1. The van der Waals surface area contributed by atoms with E-state index in [-0.39, 0.29) is 0 Å². The summed E-state index contributed by atoms with van der Waals surface area (Å²) < 4.78 is 19.0. The van der Waals surface area contributed by atoms with E-state index >= 15 is 0 Å². The van der Waals surface area contributed by atoms with Gasteiger partial charge in [-0.1, -0.05) is 59.4 Å². The molecule has 8 nitrogen and oxygen atoms in total. The molecular weight excluding hydrogens is 498 g/mol. The number of benzene rings is 3. The molecule has 0 fully saturated rings. The molecule has 0 aliphatic rings. The number of aryl methyl sites for hydroxylation is 2. The van der Waals surface area contributed by atoms with Crippen molar-refractivity contribution in [3.63, 3.8) is 0 Å². The molecule has 0 aliphatic carbocycles. The lowest BCUT2D eigenvalue weighted by Gasteiger charge is -2.11. The Morgan fingerprint density at radius 1 is 0.816 bits per heavy atom. The molecule has 194 valence electrons. The van der Waals surface area contributed by atoms with Crippen LogP contribution in [0, 0.1) is 0 Å². The molecule has 0 atom stereocenters. The third-order valence-corrected chi connectivity index (χ3v) is 6.72. The second kappa shape index (κ2) is 12.4. The fourth-order valence-corrected chi connectivity index (χ4v) is 4.86. The van der Waals surface area contributed by atoms with Crippen LogP contribution in [0.1, 0.15) is 31.1 Å². The van der Waals surface area contributed by atoms with E-state index in [0.717, 1.165) is 46.6 Å². The standard InChI is InChI=1S/C29H29N5O3S/c1-3-35-23-17-15-22(16-18-23)34-26(19-14-21-10-6-5-7-11-21)31-32-29(34)38-20-27-30-28(33-37-27)24-12-8-9-13-25(24)36-4-2/h5-13,15-18H,3-4,14,19-20H2,1-2H3. The van der Waals surface area contributed by atoms with Gasteiger partial charge >= 0.3 is 0 Å². The third-order valence-electron chi connectivity index (χ3n) is 5.81. The van der Waals surface area contributed by atoms with Gasteiger partial charge in [0.15, 0.2) is 5.16 Å². The summed E-state index contributed by atoms with van der Waals surface area (Å²) in [4.78, 5) is 4.60. The van der Waals surface area contributed by atoms with Gasteiger partial charge in [0.05, 0.1) is 24.5 Å². The summed E-state index contributed by atoms with van der Waals surface area (Å²) in [7, 11) is 0. The van der Waals surface area contributed by atoms with E-state index in [2.05, 4.69) is 49.2 Å². The summed E-state index contributed by atoms with van der Waals surface area (Å²) in [5.74, 6) is 3.91. The minimum absolute atomic E-state index is 0.456. The fraction of sp³-hybridized carbons (Fsp3) is 0.241. The summed E-state index contributed by atoms with van der Waals surface area (Å²) >= 11 is 1.51. The van der Waals surface area contributed by atoms with Crippen LogP contribution in [0.3, 0.4) is 0 Å². The number of rotatable bonds is 12. The number of para-hydroxylation sites is 1. The number of thioether (sulfide) groups is 1. The van der Waals surface area contributed by atoms with Crippen molar-refractivity contribution in [2.45, 2.75) is 37.6 Å². The van der Waals surface area contributed by atoms with Crippen LogP contribution < -0.4 is 9.47 Å². The topological polar surface area (TPSA) is 88.1 Å². The number of ether oxygens (including phenoxy) is 2. The van der Waals surface area contributed by atoms with Crippen molar-refractivity contribution < 1.29 is 14.0 Å². The van der Waals surface area contributed by atoms with E-state index in [0.29, 0.717) is 30.7 Å². The van der Waals surface area contributed by atoms with Crippen molar-refractivity contribution >= 4 is 11.8 Å². The van der Waals surface area contributed by atoms with Crippen LogP contribution in [-0.2, 0) is 18.6 Å². The molecule has 2 aromatic heterocycles. The summed E-state index contributed by atoms with van der Waals surface area (Å²) in [5.41, 5.74) is 3.03.